The van der Waals surface area contributed by atoms with Crippen LogP contribution in [0.5, 0.6) is 0 Å². The predicted molar refractivity (Wildman–Crippen MR) is 63.4 cm³/mol. The van der Waals surface area contributed by atoms with Crippen LogP contribution in [-0.2, 0) is 5.41 Å². The molecule has 0 aromatic carbocycles. The quantitative estimate of drug-likeness (QED) is 0.729. The van der Waals surface area contributed by atoms with Crippen molar-refractivity contribution in [2.24, 2.45) is 0 Å². The Hall–Kier alpha value is -0.790. The number of oxazole rings is 1. The molecule has 1 heterocycles. The predicted octanol–water partition coefficient (Wildman–Crippen LogP) is 4.22. The molecule has 0 N–H and O–H groups in total. The molecule has 1 aromatic rings. The lowest BCUT2D eigenvalue weighted by Gasteiger charge is -2.17. The van der Waals surface area contributed by atoms with Gasteiger partial charge in [0.2, 0.25) is 0 Å². The van der Waals surface area contributed by atoms with Crippen LogP contribution < -0.4 is 0 Å². The van der Waals surface area contributed by atoms with Crippen molar-refractivity contribution in [2.75, 3.05) is 0 Å². The molecule has 0 aliphatic heterocycles. The summed E-state index contributed by atoms with van der Waals surface area (Å²) in [6.45, 7) is 15.1. The van der Waals surface area contributed by atoms with Gasteiger partial charge >= 0.3 is 0 Å². The first-order chi connectivity index (χ1) is 6.73. The summed E-state index contributed by atoms with van der Waals surface area (Å²) in [6, 6.07) is 0. The van der Waals surface area contributed by atoms with E-state index in [4.69, 9.17) is 4.42 Å². The zero-order valence-electron chi connectivity index (χ0n) is 11.0. The minimum absolute atomic E-state index is 0.0414. The van der Waals surface area contributed by atoms with Crippen molar-refractivity contribution in [1.82, 2.24) is 4.98 Å². The van der Waals surface area contributed by atoms with E-state index in [1.807, 2.05) is 0 Å². The summed E-state index contributed by atoms with van der Waals surface area (Å²) in [6.07, 6.45) is 0. The molecule has 0 radical (unpaired) electrons. The molecule has 0 amide bonds. The van der Waals surface area contributed by atoms with E-state index in [0.717, 1.165) is 17.3 Å². The van der Waals surface area contributed by atoms with Gasteiger partial charge in [-0.3, -0.25) is 0 Å². The fraction of sp³-hybridized carbons (Fsp3) is 0.769. The Morgan fingerprint density at radius 2 is 1.53 bits per heavy atom. The highest BCUT2D eigenvalue weighted by molar-refractivity contribution is 5.21. The van der Waals surface area contributed by atoms with Gasteiger partial charge in [0.25, 0.3) is 0 Å². The Morgan fingerprint density at radius 3 is 1.80 bits per heavy atom. The van der Waals surface area contributed by atoms with Crippen molar-refractivity contribution < 1.29 is 4.42 Å². The summed E-state index contributed by atoms with van der Waals surface area (Å²) in [5.74, 6) is 2.69. The second kappa shape index (κ2) is 3.99. The van der Waals surface area contributed by atoms with E-state index in [1.54, 1.807) is 0 Å². The first-order valence-electron chi connectivity index (χ1n) is 5.74. The number of rotatable bonds is 2. The van der Waals surface area contributed by atoms with E-state index >= 15 is 0 Å². The van der Waals surface area contributed by atoms with Gasteiger partial charge < -0.3 is 4.42 Å². The zero-order chi connectivity index (χ0) is 11.8. The summed E-state index contributed by atoms with van der Waals surface area (Å²) in [5.41, 5.74) is 1.16. The number of nitrogens with zero attached hydrogens (tertiary/aromatic N) is 1. The maximum Gasteiger partial charge on any atom is 0.197 e. The molecule has 0 spiro atoms. The van der Waals surface area contributed by atoms with Crippen LogP contribution in [0, 0.1) is 0 Å². The van der Waals surface area contributed by atoms with Crippen LogP contribution in [0.15, 0.2) is 4.42 Å². The largest absolute Gasteiger partial charge is 0.445 e. The minimum Gasteiger partial charge on any atom is -0.445 e. The summed E-state index contributed by atoms with van der Waals surface area (Å²) < 4.78 is 5.89. The summed E-state index contributed by atoms with van der Waals surface area (Å²) in [7, 11) is 0. The Kier molecular flexibility index (Phi) is 3.27. The molecule has 0 unspecified atom stereocenters. The van der Waals surface area contributed by atoms with Crippen LogP contribution in [0.3, 0.4) is 0 Å². The molecule has 1 rings (SSSR count). The van der Waals surface area contributed by atoms with Crippen LogP contribution >= 0.6 is 0 Å². The Bertz CT molecular complexity index is 329. The molecule has 0 aliphatic carbocycles. The summed E-state index contributed by atoms with van der Waals surface area (Å²) in [5, 5.41) is 0. The first kappa shape index (κ1) is 12.3. The van der Waals surface area contributed by atoms with Gasteiger partial charge in [0.05, 0.1) is 5.69 Å². The molecule has 0 atom stereocenters. The Morgan fingerprint density at radius 1 is 1.00 bits per heavy atom. The maximum absolute atomic E-state index is 5.89. The monoisotopic (exact) mass is 209 g/mol. The average molecular weight is 209 g/mol. The first-order valence-corrected chi connectivity index (χ1v) is 5.74. The van der Waals surface area contributed by atoms with Crippen LogP contribution in [0.4, 0.5) is 0 Å². The normalized spacial score (nSPS) is 12.9. The fourth-order valence-corrected chi connectivity index (χ4v) is 1.52. The maximum atomic E-state index is 5.89. The number of hydrogen-bond donors (Lipinski definition) is 0. The smallest absolute Gasteiger partial charge is 0.197 e. The van der Waals surface area contributed by atoms with Crippen molar-refractivity contribution in [1.29, 1.82) is 0 Å². The van der Waals surface area contributed by atoms with Crippen LogP contribution in [0.25, 0.3) is 0 Å². The third-order valence-electron chi connectivity index (χ3n) is 2.39. The van der Waals surface area contributed by atoms with Gasteiger partial charge in [-0.1, -0.05) is 48.5 Å². The Labute approximate surface area is 93.1 Å². The molecular formula is C13H23NO. The third kappa shape index (κ3) is 2.61. The van der Waals surface area contributed by atoms with E-state index in [2.05, 4.69) is 53.5 Å². The molecule has 2 heteroatoms. The van der Waals surface area contributed by atoms with Gasteiger partial charge in [0, 0.05) is 11.3 Å². The van der Waals surface area contributed by atoms with E-state index in [-0.39, 0.29) is 5.41 Å². The van der Waals surface area contributed by atoms with E-state index < -0.39 is 0 Å². The lowest BCUT2D eigenvalue weighted by Crippen LogP contribution is -2.13. The third-order valence-corrected chi connectivity index (χ3v) is 2.39. The second-order valence-corrected chi connectivity index (χ2v) is 5.83. The van der Waals surface area contributed by atoms with Crippen molar-refractivity contribution >= 4 is 0 Å². The molecule has 0 saturated carbocycles. The lowest BCUT2D eigenvalue weighted by molar-refractivity contribution is 0.369. The number of hydrogen-bond acceptors (Lipinski definition) is 2. The lowest BCUT2D eigenvalue weighted by atomic mass is 9.89. The molecule has 0 aliphatic rings. The molecular weight excluding hydrogens is 186 g/mol. The van der Waals surface area contributed by atoms with Gasteiger partial charge in [-0.2, -0.15) is 0 Å². The van der Waals surface area contributed by atoms with Crippen LogP contribution in [0.1, 0.15) is 77.6 Å². The topological polar surface area (TPSA) is 26.0 Å². The van der Waals surface area contributed by atoms with Crippen LogP contribution in [-0.4, -0.2) is 4.98 Å². The van der Waals surface area contributed by atoms with Gasteiger partial charge in [-0.25, -0.2) is 4.98 Å². The SMILES string of the molecule is CC(C)c1nc(C(C)C)c(C(C)(C)C)o1. The van der Waals surface area contributed by atoms with Crippen molar-refractivity contribution in [2.45, 2.75) is 65.7 Å². The molecule has 2 nitrogen and oxygen atoms in total. The van der Waals surface area contributed by atoms with E-state index in [9.17, 15) is 0 Å². The molecule has 1 aromatic heterocycles. The molecule has 0 fully saturated rings. The zero-order valence-corrected chi connectivity index (χ0v) is 11.0. The van der Waals surface area contributed by atoms with Gasteiger partial charge in [0.15, 0.2) is 5.89 Å². The Balaban J connectivity index is 3.24. The molecule has 0 saturated heterocycles. The molecule has 15 heavy (non-hydrogen) atoms. The number of aromatic nitrogens is 1. The summed E-state index contributed by atoms with van der Waals surface area (Å²) >= 11 is 0. The van der Waals surface area contributed by atoms with Crippen LogP contribution in [0.2, 0.25) is 0 Å². The van der Waals surface area contributed by atoms with Crippen molar-refractivity contribution in [3.63, 3.8) is 0 Å². The molecule has 0 bridgehead atoms. The van der Waals surface area contributed by atoms with Gasteiger partial charge in [0.1, 0.15) is 5.76 Å². The van der Waals surface area contributed by atoms with E-state index in [1.165, 1.54) is 0 Å². The minimum atomic E-state index is 0.0414. The summed E-state index contributed by atoms with van der Waals surface area (Å²) in [4.78, 5) is 4.61. The standard InChI is InChI=1S/C13H23NO/c1-8(2)10-11(13(5,6)7)15-12(14-10)9(3)4/h8-9H,1-7H3. The van der Waals surface area contributed by atoms with Gasteiger partial charge in [-0.05, 0) is 5.92 Å². The average Bonchev–Trinajstić information content (AvgIpc) is 2.45. The fourth-order valence-electron chi connectivity index (χ4n) is 1.52. The highest BCUT2D eigenvalue weighted by Gasteiger charge is 2.27. The van der Waals surface area contributed by atoms with Crippen molar-refractivity contribution in [3.05, 3.63) is 17.3 Å². The highest BCUT2D eigenvalue weighted by Crippen LogP contribution is 2.32. The van der Waals surface area contributed by atoms with E-state index in [0.29, 0.717) is 11.8 Å². The van der Waals surface area contributed by atoms with Gasteiger partial charge in [-0.15, -0.1) is 0 Å². The molecule has 86 valence electrons. The van der Waals surface area contributed by atoms with Crippen molar-refractivity contribution in [3.8, 4) is 0 Å². The highest BCUT2D eigenvalue weighted by atomic mass is 16.4. The second-order valence-electron chi connectivity index (χ2n) is 5.83.